The third-order valence-corrected chi connectivity index (χ3v) is 4.80. The highest BCUT2D eigenvalue weighted by Crippen LogP contribution is 2.19. The van der Waals surface area contributed by atoms with Crippen LogP contribution in [0.15, 0.2) is 29.1 Å². The second-order valence-electron chi connectivity index (χ2n) is 5.57. The van der Waals surface area contributed by atoms with Gasteiger partial charge in [0, 0.05) is 31.5 Å². The fourth-order valence-corrected chi connectivity index (χ4v) is 2.63. The molecule has 0 aliphatic heterocycles. The molecule has 0 fully saturated rings. The van der Waals surface area contributed by atoms with E-state index in [0.29, 0.717) is 18.9 Å². The zero-order valence-electron chi connectivity index (χ0n) is 13.7. The summed E-state index contributed by atoms with van der Waals surface area (Å²) < 4.78 is 6.21. The fourth-order valence-electron chi connectivity index (χ4n) is 2.35. The quantitative estimate of drug-likeness (QED) is 0.716. The second-order valence-corrected chi connectivity index (χ2v) is 6.36. The summed E-state index contributed by atoms with van der Waals surface area (Å²) in [6.45, 7) is 4.79. The first-order valence-electron chi connectivity index (χ1n) is 7.42. The van der Waals surface area contributed by atoms with E-state index in [0.717, 1.165) is 21.4 Å². The first-order valence-corrected chi connectivity index (χ1v) is 8.22. The van der Waals surface area contributed by atoms with E-state index < -0.39 is 0 Å². The van der Waals surface area contributed by atoms with Gasteiger partial charge in [0.1, 0.15) is 12.4 Å². The number of carbonyl (C=O) groups is 1. The Morgan fingerprint density at radius 1 is 1.33 bits per heavy atom. The molecular weight excluding hydrogens is 374 g/mol. The summed E-state index contributed by atoms with van der Waals surface area (Å²) in [5.41, 5.74) is 3.26. The lowest BCUT2D eigenvalue weighted by Gasteiger charge is -2.04. The Balaban J connectivity index is 1.64. The van der Waals surface area contributed by atoms with E-state index in [-0.39, 0.29) is 5.91 Å². The molecule has 0 aliphatic carbocycles. The maximum absolute atomic E-state index is 12.2. The molecule has 3 aromatic rings. The number of aryl methyl sites for hydroxylation is 2. The maximum atomic E-state index is 12.2. The highest BCUT2D eigenvalue weighted by molar-refractivity contribution is 9.10. The summed E-state index contributed by atoms with van der Waals surface area (Å²) in [5.74, 6) is -0.216. The van der Waals surface area contributed by atoms with E-state index in [1.54, 1.807) is 27.8 Å². The van der Waals surface area contributed by atoms with Gasteiger partial charge in [-0.2, -0.15) is 15.3 Å². The highest BCUT2D eigenvalue weighted by Gasteiger charge is 2.12. The molecule has 1 N–H and O–H groups in total. The maximum Gasteiger partial charge on any atom is 0.272 e. The molecule has 0 radical (unpaired) electrons. The summed E-state index contributed by atoms with van der Waals surface area (Å²) in [5, 5.41) is 15.6. The van der Waals surface area contributed by atoms with E-state index in [2.05, 4.69) is 36.5 Å². The van der Waals surface area contributed by atoms with Gasteiger partial charge in [-0.25, -0.2) is 4.68 Å². The normalized spacial score (nSPS) is 11.0. The van der Waals surface area contributed by atoms with Gasteiger partial charge in [-0.15, -0.1) is 0 Å². The number of amides is 1. The number of rotatable bonds is 5. The van der Waals surface area contributed by atoms with E-state index >= 15 is 0 Å². The molecule has 0 saturated carbocycles. The molecule has 3 heterocycles. The molecule has 0 aliphatic rings. The molecule has 1 amide bonds. The molecule has 0 saturated heterocycles. The number of hydrogen-bond acceptors (Lipinski definition) is 4. The third-order valence-electron chi connectivity index (χ3n) is 3.66. The summed E-state index contributed by atoms with van der Waals surface area (Å²) in [7, 11) is 1.84. The summed E-state index contributed by atoms with van der Waals surface area (Å²) in [6, 6.07) is 1.69. The number of halogens is 1. The molecule has 3 rings (SSSR count). The summed E-state index contributed by atoms with van der Waals surface area (Å²) in [6.07, 6.45) is 5.35. The van der Waals surface area contributed by atoms with Crippen LogP contribution in [0.25, 0.3) is 0 Å². The molecule has 126 valence electrons. The summed E-state index contributed by atoms with van der Waals surface area (Å²) in [4.78, 5) is 12.2. The van der Waals surface area contributed by atoms with Crippen molar-refractivity contribution >= 4 is 21.8 Å². The van der Waals surface area contributed by atoms with Crippen LogP contribution < -0.4 is 5.32 Å². The van der Waals surface area contributed by atoms with Gasteiger partial charge in [0.15, 0.2) is 0 Å². The molecule has 0 aromatic carbocycles. The summed E-state index contributed by atoms with van der Waals surface area (Å²) >= 11 is 3.50. The van der Waals surface area contributed by atoms with Crippen LogP contribution in [0.4, 0.5) is 0 Å². The van der Waals surface area contributed by atoms with Gasteiger partial charge in [0.05, 0.1) is 22.1 Å². The van der Waals surface area contributed by atoms with Gasteiger partial charge >= 0.3 is 0 Å². The molecule has 0 atom stereocenters. The van der Waals surface area contributed by atoms with Crippen molar-refractivity contribution < 1.29 is 4.79 Å². The lowest BCUT2D eigenvalue weighted by Crippen LogP contribution is -2.23. The number of carbonyl (C=O) groups excluding carboxylic acids is 1. The van der Waals surface area contributed by atoms with Crippen LogP contribution >= 0.6 is 15.9 Å². The Morgan fingerprint density at radius 2 is 2.12 bits per heavy atom. The minimum atomic E-state index is -0.216. The van der Waals surface area contributed by atoms with Crippen molar-refractivity contribution in [3.63, 3.8) is 0 Å². The van der Waals surface area contributed by atoms with Crippen LogP contribution in [-0.2, 0) is 20.3 Å². The van der Waals surface area contributed by atoms with Crippen molar-refractivity contribution in [1.82, 2.24) is 34.7 Å². The van der Waals surface area contributed by atoms with Gasteiger partial charge in [-0.05, 0) is 35.8 Å². The average Bonchev–Trinajstić information content (AvgIpc) is 3.24. The number of hydrogen-bond donors (Lipinski definition) is 1. The minimum Gasteiger partial charge on any atom is -0.346 e. The molecule has 0 unspecified atom stereocenters. The lowest BCUT2D eigenvalue weighted by molar-refractivity contribution is 0.0945. The van der Waals surface area contributed by atoms with E-state index in [1.807, 2.05) is 31.8 Å². The molecule has 9 heteroatoms. The predicted molar refractivity (Wildman–Crippen MR) is 91.4 cm³/mol. The SMILES string of the molecule is Cc1nn(Cn2ccc(C(=O)NCc3cnn(C)c3)n2)c(C)c1Br. The largest absolute Gasteiger partial charge is 0.346 e. The van der Waals surface area contributed by atoms with Gasteiger partial charge in [0.2, 0.25) is 0 Å². The molecule has 8 nitrogen and oxygen atoms in total. The van der Waals surface area contributed by atoms with E-state index in [4.69, 9.17) is 0 Å². The smallest absolute Gasteiger partial charge is 0.272 e. The van der Waals surface area contributed by atoms with Crippen LogP contribution in [0.1, 0.15) is 27.4 Å². The van der Waals surface area contributed by atoms with Crippen LogP contribution in [0.2, 0.25) is 0 Å². The zero-order valence-corrected chi connectivity index (χ0v) is 15.3. The monoisotopic (exact) mass is 391 g/mol. The fraction of sp³-hybridized carbons (Fsp3) is 0.333. The van der Waals surface area contributed by atoms with Crippen molar-refractivity contribution in [2.45, 2.75) is 27.1 Å². The second kappa shape index (κ2) is 6.60. The average molecular weight is 392 g/mol. The Hall–Kier alpha value is -2.42. The van der Waals surface area contributed by atoms with Gasteiger partial charge in [-0.1, -0.05) is 0 Å². The van der Waals surface area contributed by atoms with Crippen LogP contribution in [0, 0.1) is 13.8 Å². The first kappa shape index (κ1) is 16.4. The zero-order chi connectivity index (χ0) is 17.3. The van der Waals surface area contributed by atoms with Crippen molar-refractivity contribution in [3.05, 3.63) is 51.8 Å². The minimum absolute atomic E-state index is 0.216. The molecule has 0 bridgehead atoms. The Labute approximate surface area is 147 Å². The Kier molecular flexibility index (Phi) is 4.52. The Morgan fingerprint density at radius 3 is 2.75 bits per heavy atom. The number of nitrogens with zero attached hydrogens (tertiary/aromatic N) is 6. The van der Waals surface area contributed by atoms with E-state index in [1.165, 1.54) is 0 Å². The lowest BCUT2D eigenvalue weighted by atomic mass is 10.3. The molecule has 0 spiro atoms. The van der Waals surface area contributed by atoms with Crippen LogP contribution in [0.5, 0.6) is 0 Å². The van der Waals surface area contributed by atoms with Crippen molar-refractivity contribution in [2.75, 3.05) is 0 Å². The standard InChI is InChI=1S/C15H18BrN7O/c1-10-14(16)11(2)23(19-10)9-22-5-4-13(20-22)15(24)17-6-12-7-18-21(3)8-12/h4-5,7-8H,6,9H2,1-3H3,(H,17,24). The Bertz CT molecular complexity index is 876. The number of nitrogens with one attached hydrogen (secondary N) is 1. The highest BCUT2D eigenvalue weighted by atomic mass is 79.9. The molecular formula is C15H18BrN7O. The van der Waals surface area contributed by atoms with Crippen molar-refractivity contribution in [3.8, 4) is 0 Å². The van der Waals surface area contributed by atoms with E-state index in [9.17, 15) is 4.79 Å². The number of aromatic nitrogens is 6. The van der Waals surface area contributed by atoms with Crippen LogP contribution in [0.3, 0.4) is 0 Å². The van der Waals surface area contributed by atoms with Crippen LogP contribution in [-0.4, -0.2) is 35.2 Å². The first-order chi connectivity index (χ1) is 11.4. The molecule has 3 aromatic heterocycles. The van der Waals surface area contributed by atoms with Crippen molar-refractivity contribution in [2.24, 2.45) is 7.05 Å². The van der Waals surface area contributed by atoms with Gasteiger partial charge in [0.25, 0.3) is 5.91 Å². The topological polar surface area (TPSA) is 82.6 Å². The molecule has 24 heavy (non-hydrogen) atoms. The van der Waals surface area contributed by atoms with Crippen molar-refractivity contribution in [1.29, 1.82) is 0 Å². The third kappa shape index (κ3) is 3.40. The predicted octanol–water partition coefficient (Wildman–Crippen LogP) is 1.63. The van der Waals surface area contributed by atoms with Gasteiger partial charge < -0.3 is 5.32 Å². The van der Waals surface area contributed by atoms with Gasteiger partial charge in [-0.3, -0.25) is 14.2 Å².